The second-order valence-electron chi connectivity index (χ2n) is 4.43. The summed E-state index contributed by atoms with van der Waals surface area (Å²) in [5.74, 6) is 1.28. The first-order valence-corrected chi connectivity index (χ1v) is 6.97. The zero-order valence-electron chi connectivity index (χ0n) is 12.1. The van der Waals surface area contributed by atoms with E-state index >= 15 is 0 Å². The number of methoxy groups -OCH3 is 2. The molecule has 0 aliphatic carbocycles. The Hall–Kier alpha value is -1.69. The Morgan fingerprint density at radius 2 is 1.95 bits per heavy atom. The first kappa shape index (κ1) is 15.7. The van der Waals surface area contributed by atoms with Gasteiger partial charge in [0.1, 0.15) is 5.75 Å². The maximum Gasteiger partial charge on any atom is 0.162 e. The van der Waals surface area contributed by atoms with Crippen LogP contribution in [0.5, 0.6) is 5.75 Å². The fourth-order valence-electron chi connectivity index (χ4n) is 1.84. The van der Waals surface area contributed by atoms with E-state index < -0.39 is 0 Å². The molecule has 0 spiro atoms. The van der Waals surface area contributed by atoms with Gasteiger partial charge in [0.15, 0.2) is 5.82 Å². The normalized spacial score (nSPS) is 10.6. The summed E-state index contributed by atoms with van der Waals surface area (Å²) in [5, 5.41) is 3.86. The van der Waals surface area contributed by atoms with Crippen molar-refractivity contribution in [3.8, 4) is 17.1 Å². The van der Waals surface area contributed by atoms with Crippen LogP contribution in [0.3, 0.4) is 0 Å². The van der Waals surface area contributed by atoms with Gasteiger partial charge in [-0.25, -0.2) is 9.97 Å². The van der Waals surface area contributed by atoms with E-state index in [1.807, 2.05) is 6.07 Å². The van der Waals surface area contributed by atoms with E-state index in [9.17, 15) is 0 Å². The maximum absolute atomic E-state index is 5.95. The summed E-state index contributed by atoms with van der Waals surface area (Å²) in [6.45, 7) is 2.19. The minimum atomic E-state index is 0.615. The topological polar surface area (TPSA) is 56.3 Å². The molecule has 0 fully saturated rings. The number of rotatable bonds is 7. The Balaban J connectivity index is 2.08. The monoisotopic (exact) mass is 307 g/mol. The maximum atomic E-state index is 5.95. The molecule has 6 heteroatoms. The first-order valence-electron chi connectivity index (χ1n) is 6.59. The van der Waals surface area contributed by atoms with Crippen molar-refractivity contribution in [1.82, 2.24) is 15.3 Å². The van der Waals surface area contributed by atoms with Crippen LogP contribution in [0.2, 0.25) is 5.02 Å². The molecule has 21 heavy (non-hydrogen) atoms. The van der Waals surface area contributed by atoms with Crippen LogP contribution in [-0.2, 0) is 11.3 Å². The van der Waals surface area contributed by atoms with E-state index in [1.165, 1.54) is 0 Å². The Morgan fingerprint density at radius 1 is 1.19 bits per heavy atom. The van der Waals surface area contributed by atoms with Crippen LogP contribution in [0.1, 0.15) is 5.56 Å². The fourth-order valence-corrected chi connectivity index (χ4v) is 2.00. The van der Waals surface area contributed by atoms with Gasteiger partial charge in [-0.3, -0.25) is 0 Å². The average molecular weight is 308 g/mol. The largest absolute Gasteiger partial charge is 0.496 e. The summed E-state index contributed by atoms with van der Waals surface area (Å²) in [5.41, 5.74) is 1.84. The van der Waals surface area contributed by atoms with Crippen molar-refractivity contribution in [2.24, 2.45) is 0 Å². The molecule has 5 nitrogen and oxygen atoms in total. The summed E-state index contributed by atoms with van der Waals surface area (Å²) in [4.78, 5) is 8.76. The summed E-state index contributed by atoms with van der Waals surface area (Å²) in [6.07, 6.45) is 3.60. The van der Waals surface area contributed by atoms with E-state index in [-0.39, 0.29) is 0 Å². The number of nitrogens with zero attached hydrogens (tertiary/aromatic N) is 2. The Bertz CT molecular complexity index is 576. The number of benzene rings is 1. The molecular formula is C15H18ClN3O2. The number of aromatic nitrogens is 2. The predicted octanol–water partition coefficient (Wildman–Crippen LogP) is 2.54. The lowest BCUT2D eigenvalue weighted by Gasteiger charge is -2.08. The van der Waals surface area contributed by atoms with Crippen molar-refractivity contribution >= 4 is 11.6 Å². The third-order valence-corrected chi connectivity index (χ3v) is 3.16. The molecular weight excluding hydrogens is 290 g/mol. The molecule has 0 aliphatic heterocycles. The zero-order valence-corrected chi connectivity index (χ0v) is 12.9. The van der Waals surface area contributed by atoms with E-state index in [2.05, 4.69) is 15.3 Å². The molecule has 0 aliphatic rings. The molecule has 0 bridgehead atoms. The molecule has 1 heterocycles. The summed E-state index contributed by atoms with van der Waals surface area (Å²) in [7, 11) is 3.28. The minimum Gasteiger partial charge on any atom is -0.496 e. The van der Waals surface area contributed by atoms with Crippen LogP contribution in [0.15, 0.2) is 30.6 Å². The molecule has 0 atom stereocenters. The molecule has 2 rings (SSSR count). The van der Waals surface area contributed by atoms with Gasteiger partial charge >= 0.3 is 0 Å². The first-order chi connectivity index (χ1) is 10.2. The van der Waals surface area contributed by atoms with Gasteiger partial charge < -0.3 is 14.8 Å². The third kappa shape index (κ3) is 4.39. The summed E-state index contributed by atoms with van der Waals surface area (Å²) < 4.78 is 10.3. The van der Waals surface area contributed by atoms with Gasteiger partial charge in [0.25, 0.3) is 0 Å². The average Bonchev–Trinajstić information content (AvgIpc) is 2.52. The van der Waals surface area contributed by atoms with Gasteiger partial charge in [0.2, 0.25) is 0 Å². The molecule has 112 valence electrons. The van der Waals surface area contributed by atoms with Gasteiger partial charge in [-0.05, 0) is 18.2 Å². The standard InChI is InChI=1S/C15H18ClN3O2/c1-20-6-5-17-8-11-9-18-15(19-10-11)13-4-3-12(16)7-14(13)21-2/h3-4,7,9-10,17H,5-6,8H2,1-2H3. The van der Waals surface area contributed by atoms with Gasteiger partial charge in [-0.1, -0.05) is 11.6 Å². The lowest BCUT2D eigenvalue weighted by Crippen LogP contribution is -2.18. The molecule has 0 saturated heterocycles. The highest BCUT2D eigenvalue weighted by Gasteiger charge is 2.09. The van der Waals surface area contributed by atoms with Crippen LogP contribution in [-0.4, -0.2) is 37.3 Å². The fraction of sp³-hybridized carbons (Fsp3) is 0.333. The van der Waals surface area contributed by atoms with Gasteiger partial charge in [-0.2, -0.15) is 0 Å². The van der Waals surface area contributed by atoms with Crippen molar-refractivity contribution in [2.45, 2.75) is 6.54 Å². The number of nitrogens with one attached hydrogen (secondary N) is 1. The summed E-state index contributed by atoms with van der Waals surface area (Å²) >= 11 is 5.95. The number of hydrogen-bond acceptors (Lipinski definition) is 5. The lowest BCUT2D eigenvalue weighted by atomic mass is 10.2. The second-order valence-corrected chi connectivity index (χ2v) is 4.87. The van der Waals surface area contributed by atoms with Crippen molar-refractivity contribution in [3.05, 3.63) is 41.2 Å². The van der Waals surface area contributed by atoms with Crippen LogP contribution in [0, 0.1) is 0 Å². The van der Waals surface area contributed by atoms with E-state index in [1.54, 1.807) is 38.7 Å². The highest BCUT2D eigenvalue weighted by molar-refractivity contribution is 6.30. The van der Waals surface area contributed by atoms with Gasteiger partial charge in [-0.15, -0.1) is 0 Å². The quantitative estimate of drug-likeness (QED) is 0.797. The Morgan fingerprint density at radius 3 is 2.62 bits per heavy atom. The molecule has 1 aromatic carbocycles. The molecule has 0 radical (unpaired) electrons. The zero-order chi connectivity index (χ0) is 15.1. The second kappa shape index (κ2) is 7.93. The van der Waals surface area contributed by atoms with E-state index in [0.717, 1.165) is 17.7 Å². The highest BCUT2D eigenvalue weighted by Crippen LogP contribution is 2.29. The molecule has 0 saturated carbocycles. The molecule has 0 amide bonds. The van der Waals surface area contributed by atoms with Gasteiger partial charge in [0, 0.05) is 43.2 Å². The Labute approximate surface area is 129 Å². The molecule has 1 N–H and O–H groups in total. The van der Waals surface area contributed by atoms with Gasteiger partial charge in [0.05, 0.1) is 19.3 Å². The van der Waals surface area contributed by atoms with Crippen LogP contribution in [0.4, 0.5) is 0 Å². The number of ether oxygens (including phenoxy) is 2. The van der Waals surface area contributed by atoms with Crippen molar-refractivity contribution in [1.29, 1.82) is 0 Å². The van der Waals surface area contributed by atoms with E-state index in [0.29, 0.717) is 29.7 Å². The van der Waals surface area contributed by atoms with E-state index in [4.69, 9.17) is 21.1 Å². The third-order valence-electron chi connectivity index (χ3n) is 2.92. The lowest BCUT2D eigenvalue weighted by molar-refractivity contribution is 0.199. The smallest absolute Gasteiger partial charge is 0.162 e. The van der Waals surface area contributed by atoms with Crippen molar-refractivity contribution in [2.75, 3.05) is 27.4 Å². The molecule has 2 aromatic rings. The summed E-state index contributed by atoms with van der Waals surface area (Å²) in [6, 6.07) is 5.40. The van der Waals surface area contributed by atoms with Crippen LogP contribution < -0.4 is 10.1 Å². The SMILES string of the molecule is COCCNCc1cnc(-c2ccc(Cl)cc2OC)nc1. The molecule has 0 unspecified atom stereocenters. The highest BCUT2D eigenvalue weighted by atomic mass is 35.5. The Kier molecular flexibility index (Phi) is 5.92. The van der Waals surface area contributed by atoms with Crippen molar-refractivity contribution in [3.63, 3.8) is 0 Å². The number of halogens is 1. The number of hydrogen-bond donors (Lipinski definition) is 1. The van der Waals surface area contributed by atoms with Crippen LogP contribution >= 0.6 is 11.6 Å². The molecule has 1 aromatic heterocycles. The van der Waals surface area contributed by atoms with Crippen molar-refractivity contribution < 1.29 is 9.47 Å². The van der Waals surface area contributed by atoms with Crippen LogP contribution in [0.25, 0.3) is 11.4 Å². The minimum absolute atomic E-state index is 0.615. The predicted molar refractivity (Wildman–Crippen MR) is 82.6 cm³/mol.